The van der Waals surface area contributed by atoms with Gasteiger partial charge in [-0.1, -0.05) is 26.0 Å². The Bertz CT molecular complexity index is 1190. The molecule has 0 spiro atoms. The van der Waals surface area contributed by atoms with Gasteiger partial charge >= 0.3 is 0 Å². The van der Waals surface area contributed by atoms with Crippen LogP contribution < -0.4 is 10.6 Å². The molecular weight excluding hydrogens is 406 g/mol. The molecule has 0 atom stereocenters. The molecule has 162 valence electrons. The van der Waals surface area contributed by atoms with Crippen molar-refractivity contribution in [3.63, 3.8) is 0 Å². The molecule has 6 nitrogen and oxygen atoms in total. The predicted octanol–water partition coefficient (Wildman–Crippen LogP) is 4.50. The highest BCUT2D eigenvalue weighted by molar-refractivity contribution is 7.98. The molecular formula is C24H29N5OS. The van der Waals surface area contributed by atoms with Crippen LogP contribution in [0.1, 0.15) is 43.1 Å². The molecule has 4 rings (SSSR count). The fourth-order valence-corrected chi connectivity index (χ4v) is 4.77. The Kier molecular flexibility index (Phi) is 5.79. The number of aryl methyl sites for hydroxylation is 2. The molecule has 0 bridgehead atoms. The number of benzene rings is 1. The van der Waals surface area contributed by atoms with Gasteiger partial charge in [-0.25, -0.2) is 9.97 Å². The van der Waals surface area contributed by atoms with Crippen LogP contribution in [0.15, 0.2) is 40.9 Å². The van der Waals surface area contributed by atoms with Crippen molar-refractivity contribution in [1.29, 1.82) is 0 Å². The molecule has 0 radical (unpaired) electrons. The van der Waals surface area contributed by atoms with E-state index in [2.05, 4.69) is 60.9 Å². The van der Waals surface area contributed by atoms with E-state index in [4.69, 9.17) is 15.7 Å². The molecule has 0 fully saturated rings. The number of aromatic nitrogens is 3. The van der Waals surface area contributed by atoms with Crippen LogP contribution >= 0.6 is 11.8 Å². The molecule has 2 aromatic heterocycles. The van der Waals surface area contributed by atoms with Crippen LogP contribution in [0, 0.1) is 13.8 Å². The number of amides is 1. The molecule has 3 heterocycles. The van der Waals surface area contributed by atoms with Crippen LogP contribution in [0.2, 0.25) is 0 Å². The lowest BCUT2D eigenvalue weighted by Gasteiger charge is -2.27. The number of thioether (sulfide) groups is 1. The Morgan fingerprint density at radius 3 is 2.61 bits per heavy atom. The van der Waals surface area contributed by atoms with Crippen molar-refractivity contribution in [3.8, 4) is 5.69 Å². The molecule has 1 amide bonds. The van der Waals surface area contributed by atoms with E-state index in [1.165, 1.54) is 10.5 Å². The van der Waals surface area contributed by atoms with Crippen molar-refractivity contribution in [2.24, 2.45) is 5.73 Å². The first-order valence-electron chi connectivity index (χ1n) is 10.6. The highest BCUT2D eigenvalue weighted by atomic mass is 32.2. The largest absolute Gasteiger partial charge is 0.366 e. The molecule has 31 heavy (non-hydrogen) atoms. The highest BCUT2D eigenvalue weighted by Crippen LogP contribution is 2.35. The summed E-state index contributed by atoms with van der Waals surface area (Å²) in [4.78, 5) is 24.6. The standard InChI is InChI=1S/C24H29N5OS/c1-14(2)18-6-7-19(20(12-18)31-5)29-13-15(3)21-23(26-16(4)27-24(21)29)28-10-8-17(9-11-28)22(25)30/h6-8,12-14H,9-11H2,1-5H3,(H2,25,30). The number of nitrogens with two attached hydrogens (primary N) is 1. The van der Waals surface area contributed by atoms with Crippen molar-refractivity contribution in [1.82, 2.24) is 14.5 Å². The lowest BCUT2D eigenvalue weighted by atomic mass is 10.0. The lowest BCUT2D eigenvalue weighted by Crippen LogP contribution is -2.32. The molecule has 7 heteroatoms. The zero-order valence-electron chi connectivity index (χ0n) is 18.8. The number of fused-ring (bicyclic) bond motifs is 1. The van der Waals surface area contributed by atoms with E-state index in [9.17, 15) is 4.79 Å². The summed E-state index contributed by atoms with van der Waals surface area (Å²) in [5.74, 6) is 1.80. The van der Waals surface area contributed by atoms with E-state index in [-0.39, 0.29) is 5.91 Å². The Hall–Kier alpha value is -2.80. The van der Waals surface area contributed by atoms with E-state index in [0.717, 1.165) is 33.9 Å². The predicted molar refractivity (Wildman–Crippen MR) is 128 cm³/mol. The summed E-state index contributed by atoms with van der Waals surface area (Å²) in [7, 11) is 0. The van der Waals surface area contributed by atoms with Gasteiger partial charge in [-0.3, -0.25) is 9.36 Å². The van der Waals surface area contributed by atoms with Gasteiger partial charge < -0.3 is 10.6 Å². The molecule has 0 saturated carbocycles. The number of nitrogens with zero attached hydrogens (tertiary/aromatic N) is 4. The number of hydrogen-bond donors (Lipinski definition) is 1. The Morgan fingerprint density at radius 1 is 1.23 bits per heavy atom. The number of rotatable bonds is 5. The SMILES string of the molecule is CSc1cc(C(C)C)ccc1-n1cc(C)c2c(N3CC=C(C(N)=O)CC3)nc(C)nc21. The Labute approximate surface area is 187 Å². The fourth-order valence-electron chi connectivity index (χ4n) is 4.14. The lowest BCUT2D eigenvalue weighted by molar-refractivity contribution is -0.114. The van der Waals surface area contributed by atoms with Crippen molar-refractivity contribution in [2.45, 2.75) is 44.9 Å². The van der Waals surface area contributed by atoms with Crippen LogP contribution in [-0.4, -0.2) is 39.8 Å². The van der Waals surface area contributed by atoms with Crippen molar-refractivity contribution in [2.75, 3.05) is 24.2 Å². The van der Waals surface area contributed by atoms with E-state index in [1.807, 2.05) is 13.0 Å². The maximum Gasteiger partial charge on any atom is 0.244 e. The molecule has 3 aromatic rings. The van der Waals surface area contributed by atoms with Gasteiger partial charge in [0.25, 0.3) is 0 Å². The second kappa shape index (κ2) is 8.38. The summed E-state index contributed by atoms with van der Waals surface area (Å²) in [6.45, 7) is 9.80. The van der Waals surface area contributed by atoms with E-state index >= 15 is 0 Å². The number of primary amides is 1. The maximum absolute atomic E-state index is 11.5. The van der Waals surface area contributed by atoms with Gasteiger partial charge in [0.2, 0.25) is 5.91 Å². The molecule has 1 aliphatic rings. The first-order chi connectivity index (χ1) is 14.8. The van der Waals surface area contributed by atoms with Gasteiger partial charge in [0.1, 0.15) is 11.6 Å². The van der Waals surface area contributed by atoms with Gasteiger partial charge in [-0.15, -0.1) is 11.8 Å². The van der Waals surface area contributed by atoms with Crippen LogP contribution in [0.5, 0.6) is 0 Å². The van der Waals surface area contributed by atoms with Gasteiger partial charge in [-0.2, -0.15) is 0 Å². The zero-order chi connectivity index (χ0) is 22.3. The summed E-state index contributed by atoms with van der Waals surface area (Å²) < 4.78 is 2.19. The summed E-state index contributed by atoms with van der Waals surface area (Å²) in [5.41, 5.74) is 10.7. The van der Waals surface area contributed by atoms with Crippen molar-refractivity contribution < 1.29 is 4.79 Å². The normalized spacial score (nSPS) is 14.4. The third-order valence-corrected chi connectivity index (χ3v) is 6.65. The summed E-state index contributed by atoms with van der Waals surface area (Å²) in [6.07, 6.45) is 6.81. The van der Waals surface area contributed by atoms with Crippen molar-refractivity contribution in [3.05, 3.63) is 53.0 Å². The minimum Gasteiger partial charge on any atom is -0.366 e. The van der Waals surface area contributed by atoms with Crippen molar-refractivity contribution >= 4 is 34.5 Å². The Morgan fingerprint density at radius 2 is 2.00 bits per heavy atom. The average molecular weight is 436 g/mol. The maximum atomic E-state index is 11.5. The Balaban J connectivity index is 1.85. The topological polar surface area (TPSA) is 77.0 Å². The van der Waals surface area contributed by atoms with Gasteiger partial charge in [0, 0.05) is 29.8 Å². The van der Waals surface area contributed by atoms with Crippen LogP contribution in [0.25, 0.3) is 16.7 Å². The van der Waals surface area contributed by atoms with Crippen LogP contribution in [-0.2, 0) is 4.79 Å². The monoisotopic (exact) mass is 435 g/mol. The molecule has 0 aliphatic carbocycles. The minimum absolute atomic E-state index is 0.333. The smallest absolute Gasteiger partial charge is 0.244 e. The number of anilines is 1. The third-order valence-electron chi connectivity index (χ3n) is 5.88. The summed E-state index contributed by atoms with van der Waals surface area (Å²) in [5, 5.41) is 1.06. The highest BCUT2D eigenvalue weighted by Gasteiger charge is 2.23. The number of hydrogen-bond acceptors (Lipinski definition) is 5. The van der Waals surface area contributed by atoms with Gasteiger partial charge in [0.05, 0.1) is 11.1 Å². The molecule has 1 aliphatic heterocycles. The first kappa shape index (κ1) is 21.4. The molecule has 1 aromatic carbocycles. The quantitative estimate of drug-likeness (QED) is 0.597. The van der Waals surface area contributed by atoms with Gasteiger partial charge in [-0.05, 0) is 55.7 Å². The third kappa shape index (κ3) is 3.94. The summed E-state index contributed by atoms with van der Waals surface area (Å²) >= 11 is 1.75. The fraction of sp³-hybridized carbons (Fsp3) is 0.375. The first-order valence-corrected chi connectivity index (χ1v) is 11.8. The zero-order valence-corrected chi connectivity index (χ0v) is 19.6. The van der Waals surface area contributed by atoms with Crippen LogP contribution in [0.3, 0.4) is 0 Å². The average Bonchev–Trinajstić information content (AvgIpc) is 3.08. The minimum atomic E-state index is -0.333. The molecule has 0 saturated heterocycles. The van der Waals surface area contributed by atoms with Crippen LogP contribution in [0.4, 0.5) is 5.82 Å². The van der Waals surface area contributed by atoms with Gasteiger partial charge in [0.15, 0.2) is 5.65 Å². The molecule has 2 N–H and O–H groups in total. The number of carbonyl (C=O) groups is 1. The van der Waals surface area contributed by atoms with E-state index in [0.29, 0.717) is 31.0 Å². The second-order valence-electron chi connectivity index (χ2n) is 8.35. The second-order valence-corrected chi connectivity index (χ2v) is 9.20. The molecule has 0 unspecified atom stereocenters. The van der Waals surface area contributed by atoms with E-state index in [1.54, 1.807) is 11.8 Å². The summed E-state index contributed by atoms with van der Waals surface area (Å²) in [6, 6.07) is 6.68. The number of carbonyl (C=O) groups excluding carboxylic acids is 1. The van der Waals surface area contributed by atoms with E-state index < -0.39 is 0 Å².